The lowest BCUT2D eigenvalue weighted by atomic mass is 9.84. The molecule has 0 saturated carbocycles. The van der Waals surface area contributed by atoms with Crippen LogP contribution in [-0.4, -0.2) is 62.8 Å². The molecule has 2 aliphatic rings. The van der Waals surface area contributed by atoms with Crippen molar-refractivity contribution in [2.75, 3.05) is 47.1 Å². The van der Waals surface area contributed by atoms with E-state index in [2.05, 4.69) is 61.2 Å². The number of oxime groups is 1. The van der Waals surface area contributed by atoms with Gasteiger partial charge in [0.1, 0.15) is 12.9 Å². The summed E-state index contributed by atoms with van der Waals surface area (Å²) >= 11 is 0. The van der Waals surface area contributed by atoms with Crippen LogP contribution in [0, 0.1) is 19.3 Å². The Balaban J connectivity index is 1.43. The summed E-state index contributed by atoms with van der Waals surface area (Å²) in [5.74, 6) is 0.970. The van der Waals surface area contributed by atoms with Crippen molar-refractivity contribution >= 4 is 5.71 Å². The van der Waals surface area contributed by atoms with Crippen molar-refractivity contribution in [1.82, 2.24) is 4.90 Å². The van der Waals surface area contributed by atoms with Crippen LogP contribution in [0.5, 0.6) is 0 Å². The molecule has 0 bridgehead atoms. The average molecular weight is 547 g/mol. The Kier molecular flexibility index (Phi) is 10.2. The molecule has 0 spiro atoms. The van der Waals surface area contributed by atoms with Gasteiger partial charge in [-0.1, -0.05) is 66.7 Å². The van der Waals surface area contributed by atoms with Gasteiger partial charge >= 0.3 is 0 Å². The quantitative estimate of drug-likeness (QED) is 0.251. The number of hydrogen-bond donors (Lipinski definition) is 1. The highest BCUT2D eigenvalue weighted by Gasteiger charge is 2.34. The van der Waals surface area contributed by atoms with Crippen molar-refractivity contribution in [2.24, 2.45) is 10.6 Å². The summed E-state index contributed by atoms with van der Waals surface area (Å²) in [6.07, 6.45) is 9.54. The third kappa shape index (κ3) is 7.62. The monoisotopic (exact) mass is 546 g/mol. The predicted molar refractivity (Wildman–Crippen MR) is 162 cm³/mol. The van der Waals surface area contributed by atoms with Crippen molar-refractivity contribution < 1.29 is 19.4 Å². The minimum atomic E-state index is -0.745. The molecule has 1 aliphatic heterocycles. The second-order valence-corrected chi connectivity index (χ2v) is 11.7. The number of likely N-dealkylation sites (tertiary alicyclic amines) is 1. The van der Waals surface area contributed by atoms with Gasteiger partial charge in [0.2, 0.25) is 0 Å². The van der Waals surface area contributed by atoms with E-state index in [1.807, 2.05) is 36.4 Å². The Morgan fingerprint density at radius 3 is 2.42 bits per heavy atom. The maximum absolute atomic E-state index is 11.3. The van der Waals surface area contributed by atoms with E-state index >= 15 is 0 Å². The zero-order valence-electron chi connectivity index (χ0n) is 24.9. The van der Waals surface area contributed by atoms with E-state index in [0.29, 0.717) is 13.2 Å². The van der Waals surface area contributed by atoms with Crippen LogP contribution in [0.25, 0.3) is 0 Å². The molecule has 1 fully saturated rings. The number of rotatable bonds is 12. The Bertz CT molecular complexity index is 1200. The average Bonchev–Trinajstić information content (AvgIpc) is 2.97. The van der Waals surface area contributed by atoms with E-state index in [1.165, 1.54) is 16.7 Å². The number of hydrogen-bond acceptors (Lipinski definition) is 6. The van der Waals surface area contributed by atoms with Gasteiger partial charge < -0.3 is 24.3 Å². The van der Waals surface area contributed by atoms with Crippen molar-refractivity contribution in [2.45, 2.75) is 58.0 Å². The first-order valence-corrected chi connectivity index (χ1v) is 14.4. The number of piperidine rings is 1. The minimum Gasteiger partial charge on any atom is -0.497 e. The molecule has 1 aliphatic carbocycles. The van der Waals surface area contributed by atoms with Crippen LogP contribution in [-0.2, 0) is 19.9 Å². The van der Waals surface area contributed by atoms with Gasteiger partial charge in [-0.25, -0.2) is 0 Å². The van der Waals surface area contributed by atoms with Gasteiger partial charge in [0.15, 0.2) is 0 Å². The van der Waals surface area contributed by atoms with E-state index in [1.54, 1.807) is 14.2 Å². The molecule has 6 heteroatoms. The maximum Gasteiger partial charge on any atom is 0.114 e. The van der Waals surface area contributed by atoms with Gasteiger partial charge in [0, 0.05) is 24.4 Å². The summed E-state index contributed by atoms with van der Waals surface area (Å²) in [6.45, 7) is 10.1. The summed E-state index contributed by atoms with van der Waals surface area (Å²) < 4.78 is 11.7. The molecule has 40 heavy (non-hydrogen) atoms. The number of nitrogens with zero attached hydrogens (tertiary/aromatic N) is 2. The lowest BCUT2D eigenvalue weighted by molar-refractivity contribution is -0.0261. The lowest BCUT2D eigenvalue weighted by Gasteiger charge is -2.39. The maximum atomic E-state index is 11.3. The number of ether oxygens (including phenoxy) is 2. The van der Waals surface area contributed by atoms with E-state index in [9.17, 15) is 5.11 Å². The first kappa shape index (κ1) is 30.0. The van der Waals surface area contributed by atoms with Gasteiger partial charge in [-0.3, -0.25) is 0 Å². The summed E-state index contributed by atoms with van der Waals surface area (Å²) in [5.41, 5.74) is 4.87. The Labute approximate surface area is 240 Å². The van der Waals surface area contributed by atoms with Gasteiger partial charge in [0.25, 0.3) is 0 Å². The molecule has 0 amide bonds. The molecule has 4 rings (SSSR count). The standard InChI is InChI=1S/C34H46N2O4/c1-26-11-12-28(23-27(26)2)31(15-20-36-21-18-34(37,19-22-36)29-9-7-6-8-10-29)32(35-39-5)24-40-25-33(3)16-13-30(38-4)14-17-33/h6-14,16,23,31,37H,15,17-22,24-25H2,1-5H3/b35-32+. The van der Waals surface area contributed by atoms with Crippen molar-refractivity contribution in [3.63, 3.8) is 0 Å². The van der Waals surface area contributed by atoms with Crippen LogP contribution >= 0.6 is 0 Å². The summed E-state index contributed by atoms with van der Waals surface area (Å²) in [4.78, 5) is 7.81. The van der Waals surface area contributed by atoms with Crippen LogP contribution < -0.4 is 0 Å². The van der Waals surface area contributed by atoms with Gasteiger partial charge in [-0.15, -0.1) is 0 Å². The molecule has 2 atom stereocenters. The molecule has 1 heterocycles. The van der Waals surface area contributed by atoms with E-state index in [0.717, 1.165) is 62.4 Å². The molecule has 0 aromatic heterocycles. The second-order valence-electron chi connectivity index (χ2n) is 11.7. The highest BCUT2D eigenvalue weighted by molar-refractivity contribution is 5.91. The van der Waals surface area contributed by atoms with Gasteiger partial charge in [-0.2, -0.15) is 0 Å². The smallest absolute Gasteiger partial charge is 0.114 e. The zero-order chi connectivity index (χ0) is 28.6. The molecular weight excluding hydrogens is 500 g/mol. The Morgan fingerprint density at radius 2 is 1.80 bits per heavy atom. The molecule has 1 saturated heterocycles. The fourth-order valence-electron chi connectivity index (χ4n) is 5.71. The fraction of sp³-hybridized carbons (Fsp3) is 0.500. The molecule has 2 aromatic carbocycles. The minimum absolute atomic E-state index is 0.0730. The third-order valence-corrected chi connectivity index (χ3v) is 8.61. The number of aliphatic hydroxyl groups is 1. The van der Waals surface area contributed by atoms with E-state index in [4.69, 9.17) is 14.3 Å². The van der Waals surface area contributed by atoms with Crippen molar-refractivity contribution in [3.05, 3.63) is 94.8 Å². The second kappa shape index (κ2) is 13.6. The summed E-state index contributed by atoms with van der Waals surface area (Å²) in [6, 6.07) is 16.8. The van der Waals surface area contributed by atoms with Crippen LogP contribution in [0.4, 0.5) is 0 Å². The molecule has 6 nitrogen and oxygen atoms in total. The molecule has 216 valence electrons. The first-order valence-electron chi connectivity index (χ1n) is 14.4. The van der Waals surface area contributed by atoms with Crippen LogP contribution in [0.3, 0.4) is 0 Å². The molecular formula is C34H46N2O4. The highest BCUT2D eigenvalue weighted by Crippen LogP contribution is 2.34. The number of allylic oxidation sites excluding steroid dienone is 2. The van der Waals surface area contributed by atoms with Crippen LogP contribution in [0.2, 0.25) is 0 Å². The third-order valence-electron chi connectivity index (χ3n) is 8.61. The topological polar surface area (TPSA) is 63.5 Å². The number of benzene rings is 2. The first-order chi connectivity index (χ1) is 19.2. The largest absolute Gasteiger partial charge is 0.497 e. The zero-order valence-corrected chi connectivity index (χ0v) is 24.9. The van der Waals surface area contributed by atoms with Crippen LogP contribution in [0.1, 0.15) is 60.8 Å². The fourth-order valence-corrected chi connectivity index (χ4v) is 5.71. The normalized spacial score (nSPS) is 22.1. The van der Waals surface area contributed by atoms with Crippen molar-refractivity contribution in [1.29, 1.82) is 0 Å². The van der Waals surface area contributed by atoms with Crippen molar-refractivity contribution in [3.8, 4) is 0 Å². The summed E-state index contributed by atoms with van der Waals surface area (Å²) in [7, 11) is 3.30. The lowest BCUT2D eigenvalue weighted by Crippen LogP contribution is -2.43. The molecule has 0 radical (unpaired) electrons. The van der Waals surface area contributed by atoms with Gasteiger partial charge in [0.05, 0.1) is 31.6 Å². The Hall–Kier alpha value is -2.93. The van der Waals surface area contributed by atoms with Gasteiger partial charge in [-0.05, 0) is 80.5 Å². The highest BCUT2D eigenvalue weighted by atomic mass is 16.6. The number of methoxy groups -OCH3 is 1. The van der Waals surface area contributed by atoms with E-state index < -0.39 is 5.60 Å². The predicted octanol–water partition coefficient (Wildman–Crippen LogP) is 6.28. The molecule has 2 aromatic rings. The van der Waals surface area contributed by atoms with E-state index in [-0.39, 0.29) is 11.3 Å². The Morgan fingerprint density at radius 1 is 1.05 bits per heavy atom. The summed E-state index contributed by atoms with van der Waals surface area (Å²) in [5, 5.41) is 15.8. The molecule has 2 unspecified atom stereocenters. The molecule has 1 N–H and O–H groups in total. The number of aryl methyl sites for hydroxylation is 2. The van der Waals surface area contributed by atoms with Crippen LogP contribution in [0.15, 0.2) is 77.7 Å². The SMILES string of the molecule is CO/N=C(\COCC1(C)C=CC(OC)=CC1)C(CCN1CCC(O)(c2ccccc2)CC1)c1ccc(C)c(C)c1.